The molecule has 4 heteroatoms. The zero-order chi connectivity index (χ0) is 11.8. The molecule has 1 aromatic rings. The summed E-state index contributed by atoms with van der Waals surface area (Å²) in [6.45, 7) is 5.28. The molecule has 1 rings (SSSR count). The highest BCUT2D eigenvalue weighted by Gasteiger charge is 2.05. The fourth-order valence-electron chi connectivity index (χ4n) is 1.32. The lowest BCUT2D eigenvalue weighted by Gasteiger charge is -2.00. The zero-order valence-corrected chi connectivity index (χ0v) is 10.8. The molecule has 0 spiro atoms. The van der Waals surface area contributed by atoms with Crippen LogP contribution in [0.25, 0.3) is 0 Å². The van der Waals surface area contributed by atoms with Gasteiger partial charge < -0.3 is 5.32 Å². The zero-order valence-electron chi connectivity index (χ0n) is 9.99. The summed E-state index contributed by atoms with van der Waals surface area (Å²) in [4.78, 5) is 4.42. The predicted molar refractivity (Wildman–Crippen MR) is 69.6 cm³/mol. The Morgan fingerprint density at radius 1 is 1.44 bits per heavy atom. The minimum absolute atomic E-state index is 0.609. The first-order chi connectivity index (χ1) is 7.72. The lowest BCUT2D eigenvalue weighted by Crippen LogP contribution is -2.01. The Balaban J connectivity index is 2.22. The van der Waals surface area contributed by atoms with Gasteiger partial charge in [-0.1, -0.05) is 13.8 Å². The summed E-state index contributed by atoms with van der Waals surface area (Å²) in [5.41, 5.74) is 0. The van der Waals surface area contributed by atoms with E-state index in [1.54, 1.807) is 0 Å². The molecule has 0 aromatic carbocycles. The molecule has 0 aliphatic rings. The maximum Gasteiger partial charge on any atom is 0.202 e. The lowest BCUT2D eigenvalue weighted by atomic mass is 10.1. The Kier molecular flexibility index (Phi) is 5.87. The Morgan fingerprint density at radius 3 is 2.94 bits per heavy atom. The molecule has 0 aliphatic carbocycles. The molecule has 1 heterocycles. The minimum atomic E-state index is 0.609. The number of terminal acetylenes is 1. The molecule has 0 aliphatic heterocycles. The lowest BCUT2D eigenvalue weighted by molar-refractivity contribution is 0.627. The molecule has 0 bridgehead atoms. The normalized spacial score (nSPS) is 10.4. The molecule has 0 unspecified atom stereocenters. The van der Waals surface area contributed by atoms with E-state index in [0.29, 0.717) is 5.92 Å². The van der Waals surface area contributed by atoms with Gasteiger partial charge in [-0.3, -0.25) is 0 Å². The molecule has 0 saturated heterocycles. The molecule has 1 N–H and O–H groups in total. The quantitative estimate of drug-likeness (QED) is 0.585. The highest BCUT2D eigenvalue weighted by Crippen LogP contribution is 2.13. The first kappa shape index (κ1) is 13.0. The summed E-state index contributed by atoms with van der Waals surface area (Å²) in [6.07, 6.45) is 9.15. The van der Waals surface area contributed by atoms with Gasteiger partial charge in [0.1, 0.15) is 5.82 Å². The van der Waals surface area contributed by atoms with Gasteiger partial charge in [0.2, 0.25) is 5.13 Å². The molecular formula is C12H19N3S. The number of hydrogen-bond acceptors (Lipinski definition) is 4. The number of aromatic nitrogens is 2. The molecule has 3 nitrogen and oxygen atoms in total. The maximum absolute atomic E-state index is 5.18. The van der Waals surface area contributed by atoms with E-state index >= 15 is 0 Å². The van der Waals surface area contributed by atoms with Crippen molar-refractivity contribution in [2.75, 3.05) is 11.9 Å². The van der Waals surface area contributed by atoms with Gasteiger partial charge in [-0.25, -0.2) is 4.98 Å². The van der Waals surface area contributed by atoms with Crippen LogP contribution in [-0.2, 0) is 6.42 Å². The van der Waals surface area contributed by atoms with Crippen LogP contribution in [0.15, 0.2) is 0 Å². The summed E-state index contributed by atoms with van der Waals surface area (Å²) in [5, 5.41) is 4.20. The van der Waals surface area contributed by atoms with Crippen molar-refractivity contribution in [1.82, 2.24) is 9.36 Å². The van der Waals surface area contributed by atoms with Crippen LogP contribution in [0.1, 0.15) is 38.9 Å². The van der Waals surface area contributed by atoms with Crippen molar-refractivity contribution in [2.45, 2.75) is 39.5 Å². The molecule has 1 aromatic heterocycles. The van der Waals surface area contributed by atoms with Crippen molar-refractivity contribution in [1.29, 1.82) is 0 Å². The smallest absolute Gasteiger partial charge is 0.202 e. The summed E-state index contributed by atoms with van der Waals surface area (Å²) in [6, 6.07) is 0. The first-order valence-corrected chi connectivity index (χ1v) is 6.49. The van der Waals surface area contributed by atoms with E-state index in [-0.39, 0.29) is 0 Å². The van der Waals surface area contributed by atoms with Crippen LogP contribution < -0.4 is 5.32 Å². The van der Waals surface area contributed by atoms with Crippen LogP contribution in [0.3, 0.4) is 0 Å². The van der Waals surface area contributed by atoms with E-state index in [1.165, 1.54) is 11.5 Å². The Bertz CT molecular complexity index is 338. The molecular weight excluding hydrogens is 218 g/mol. The predicted octanol–water partition coefficient (Wildman–Crippen LogP) is 2.95. The van der Waals surface area contributed by atoms with Gasteiger partial charge in [-0.05, 0) is 18.8 Å². The van der Waals surface area contributed by atoms with E-state index in [0.717, 1.165) is 43.2 Å². The minimum Gasteiger partial charge on any atom is -0.360 e. The molecule has 0 fully saturated rings. The van der Waals surface area contributed by atoms with Crippen molar-refractivity contribution in [2.24, 2.45) is 5.92 Å². The molecule has 0 radical (unpaired) electrons. The van der Waals surface area contributed by atoms with Gasteiger partial charge in [-0.15, -0.1) is 12.3 Å². The van der Waals surface area contributed by atoms with Crippen molar-refractivity contribution in [3.05, 3.63) is 5.82 Å². The second-order valence-electron chi connectivity index (χ2n) is 4.20. The van der Waals surface area contributed by atoms with E-state index in [9.17, 15) is 0 Å². The average Bonchev–Trinajstić information content (AvgIpc) is 2.64. The number of anilines is 1. The monoisotopic (exact) mass is 237 g/mol. The summed E-state index contributed by atoms with van der Waals surface area (Å²) >= 11 is 1.44. The largest absolute Gasteiger partial charge is 0.360 e. The van der Waals surface area contributed by atoms with Gasteiger partial charge >= 0.3 is 0 Å². The third kappa shape index (κ3) is 5.13. The summed E-state index contributed by atoms with van der Waals surface area (Å²) in [7, 11) is 0. The van der Waals surface area contributed by atoms with Crippen LogP contribution in [0.5, 0.6) is 0 Å². The number of nitrogens with zero attached hydrogens (tertiary/aromatic N) is 2. The third-order valence-electron chi connectivity index (χ3n) is 2.08. The third-order valence-corrected chi connectivity index (χ3v) is 2.79. The van der Waals surface area contributed by atoms with Crippen LogP contribution in [0, 0.1) is 18.3 Å². The van der Waals surface area contributed by atoms with Gasteiger partial charge in [0.25, 0.3) is 0 Å². The van der Waals surface area contributed by atoms with Crippen LogP contribution >= 0.6 is 11.5 Å². The number of hydrogen-bond donors (Lipinski definition) is 1. The highest BCUT2D eigenvalue weighted by atomic mass is 32.1. The molecule has 0 atom stereocenters. The standard InChI is InChI=1S/C12H19N3S/c1-4-5-6-7-8-13-12-14-11(15-16-12)9-10(2)3/h1,10H,5-9H2,2-3H3,(H,13,14,15). The van der Waals surface area contributed by atoms with E-state index in [2.05, 4.69) is 34.4 Å². The van der Waals surface area contributed by atoms with Gasteiger partial charge in [0.05, 0.1) is 0 Å². The average molecular weight is 237 g/mol. The Labute approximate surface area is 102 Å². The Morgan fingerprint density at radius 2 is 2.25 bits per heavy atom. The second-order valence-corrected chi connectivity index (χ2v) is 4.95. The van der Waals surface area contributed by atoms with Crippen LogP contribution in [-0.4, -0.2) is 15.9 Å². The van der Waals surface area contributed by atoms with Gasteiger partial charge in [0, 0.05) is 30.9 Å². The van der Waals surface area contributed by atoms with Crippen molar-refractivity contribution in [3.8, 4) is 12.3 Å². The molecule has 0 amide bonds. The summed E-state index contributed by atoms with van der Waals surface area (Å²) < 4.78 is 4.31. The fraction of sp³-hybridized carbons (Fsp3) is 0.667. The van der Waals surface area contributed by atoms with Gasteiger partial charge in [0.15, 0.2) is 0 Å². The molecule has 16 heavy (non-hydrogen) atoms. The van der Waals surface area contributed by atoms with Crippen LogP contribution in [0.4, 0.5) is 5.13 Å². The molecule has 88 valence electrons. The molecule has 0 saturated carbocycles. The van der Waals surface area contributed by atoms with Crippen molar-refractivity contribution < 1.29 is 0 Å². The number of unbranched alkanes of at least 4 members (excludes halogenated alkanes) is 2. The Hall–Kier alpha value is -1.08. The van der Waals surface area contributed by atoms with Crippen molar-refractivity contribution in [3.63, 3.8) is 0 Å². The topological polar surface area (TPSA) is 37.8 Å². The van der Waals surface area contributed by atoms with E-state index < -0.39 is 0 Å². The fourth-order valence-corrected chi connectivity index (χ4v) is 1.94. The second kappa shape index (κ2) is 7.24. The maximum atomic E-state index is 5.18. The number of rotatable bonds is 7. The SMILES string of the molecule is C#CCCCCNc1nc(CC(C)C)ns1. The van der Waals surface area contributed by atoms with Gasteiger partial charge in [-0.2, -0.15) is 4.37 Å². The van der Waals surface area contributed by atoms with E-state index in [1.807, 2.05) is 0 Å². The highest BCUT2D eigenvalue weighted by molar-refractivity contribution is 7.09. The summed E-state index contributed by atoms with van der Waals surface area (Å²) in [5.74, 6) is 4.20. The number of nitrogens with one attached hydrogen (secondary N) is 1. The van der Waals surface area contributed by atoms with E-state index in [4.69, 9.17) is 6.42 Å². The van der Waals surface area contributed by atoms with Crippen LogP contribution in [0.2, 0.25) is 0 Å². The van der Waals surface area contributed by atoms with Crippen molar-refractivity contribution >= 4 is 16.7 Å². The first-order valence-electron chi connectivity index (χ1n) is 5.72.